The molecule has 11 heteroatoms. The fraction of sp³-hybridized carbons (Fsp3) is 0.909. The Balaban J connectivity index is 0.000000406. The molecule has 22 heavy (non-hydrogen) atoms. The molecule has 0 aromatic heterocycles. The molecule has 11 nitrogen and oxygen atoms in total. The molecule has 1 rings (SSSR count). The van der Waals surface area contributed by atoms with Gasteiger partial charge in [-0.25, -0.2) is 0 Å². The Bertz CT molecular complexity index is 311. The van der Waals surface area contributed by atoms with Crippen LogP contribution in [-0.2, 0) is 9.53 Å². The van der Waals surface area contributed by atoms with Gasteiger partial charge in [-0.05, 0) is 0 Å². The lowest BCUT2D eigenvalue weighted by atomic mass is 10.1. The van der Waals surface area contributed by atoms with Gasteiger partial charge in [0.1, 0.15) is 43.2 Å². The first kappa shape index (κ1) is 21.3. The second kappa shape index (κ2) is 10.1. The zero-order valence-corrected chi connectivity index (χ0v) is 11.5. The summed E-state index contributed by atoms with van der Waals surface area (Å²) in [6.07, 6.45) is -10.5. The minimum absolute atomic E-state index is 0.153. The average molecular weight is 330 g/mol. The first-order valence-electron chi connectivity index (χ1n) is 6.29. The highest BCUT2D eigenvalue weighted by molar-refractivity contribution is 5.84. The smallest absolute Gasteiger partial charge is 0.189 e. The molecule has 1 saturated heterocycles. The molecule has 1 aliphatic heterocycles. The summed E-state index contributed by atoms with van der Waals surface area (Å²) in [5.41, 5.74) is 0. The number of Topliss-reactive ketones (excluding diaryl/α,β-unsaturated/α-hetero) is 1. The quantitative estimate of drug-likeness (QED) is 0.232. The predicted octanol–water partition coefficient (Wildman–Crippen LogP) is -5.96. The fourth-order valence-corrected chi connectivity index (χ4v) is 1.39. The van der Waals surface area contributed by atoms with Gasteiger partial charge in [-0.2, -0.15) is 0 Å². The number of rotatable bonds is 5. The Hall–Kier alpha value is -0.730. The van der Waals surface area contributed by atoms with Crippen molar-refractivity contribution in [2.75, 3.05) is 19.8 Å². The number of carbonyl (C=O) groups excluding carboxylic acids is 1. The van der Waals surface area contributed by atoms with E-state index in [1.54, 1.807) is 0 Å². The van der Waals surface area contributed by atoms with E-state index in [0.717, 1.165) is 0 Å². The number of carbonyl (C=O) groups is 1. The molecule has 7 atom stereocenters. The Labute approximate surface area is 125 Å². The van der Waals surface area contributed by atoms with E-state index in [9.17, 15) is 4.79 Å². The molecule has 0 aliphatic carbocycles. The van der Waals surface area contributed by atoms with Crippen LogP contribution in [0.5, 0.6) is 0 Å². The number of hydrogen-bond donors (Lipinski definition) is 9. The predicted molar refractivity (Wildman–Crippen MR) is 67.2 cm³/mol. The van der Waals surface area contributed by atoms with Gasteiger partial charge in [-0.3, -0.25) is 4.79 Å². The SMILES string of the molecule is O=C(CO)[C@@H](O)[C@H](O)[C@@H](O)CO.OC1OC[C@@H](O)[C@H](O)[C@H]1O. The average Bonchev–Trinajstić information content (AvgIpc) is 2.54. The van der Waals surface area contributed by atoms with Crippen molar-refractivity contribution < 1.29 is 55.5 Å². The molecule has 1 fully saturated rings. The molecule has 132 valence electrons. The molecule has 0 bridgehead atoms. The lowest BCUT2D eigenvalue weighted by Crippen LogP contribution is -2.52. The second-order valence-electron chi connectivity index (χ2n) is 4.58. The largest absolute Gasteiger partial charge is 0.394 e. The van der Waals surface area contributed by atoms with Gasteiger partial charge in [-0.1, -0.05) is 0 Å². The third-order valence-corrected chi connectivity index (χ3v) is 2.86. The summed E-state index contributed by atoms with van der Waals surface area (Å²) < 4.78 is 4.47. The van der Waals surface area contributed by atoms with Crippen LogP contribution in [0.2, 0.25) is 0 Å². The van der Waals surface area contributed by atoms with E-state index in [1.165, 1.54) is 0 Å². The molecule has 0 radical (unpaired) electrons. The van der Waals surface area contributed by atoms with Crippen LogP contribution in [0.3, 0.4) is 0 Å². The van der Waals surface area contributed by atoms with Gasteiger partial charge in [-0.15, -0.1) is 0 Å². The van der Waals surface area contributed by atoms with Crippen LogP contribution in [0.25, 0.3) is 0 Å². The summed E-state index contributed by atoms with van der Waals surface area (Å²) >= 11 is 0. The first-order chi connectivity index (χ1) is 10.2. The van der Waals surface area contributed by atoms with Crippen molar-refractivity contribution in [2.24, 2.45) is 0 Å². The Morgan fingerprint density at radius 3 is 2.00 bits per heavy atom. The Morgan fingerprint density at radius 2 is 1.59 bits per heavy atom. The van der Waals surface area contributed by atoms with Crippen LogP contribution in [0.4, 0.5) is 0 Å². The third kappa shape index (κ3) is 6.18. The second-order valence-corrected chi connectivity index (χ2v) is 4.58. The summed E-state index contributed by atoms with van der Waals surface area (Å²) in [5, 5.41) is 78.3. The Kier molecular flexibility index (Phi) is 9.79. The fourth-order valence-electron chi connectivity index (χ4n) is 1.39. The van der Waals surface area contributed by atoms with Crippen molar-refractivity contribution in [2.45, 2.75) is 42.9 Å². The number of ketones is 1. The van der Waals surface area contributed by atoms with Gasteiger partial charge in [0.25, 0.3) is 0 Å². The van der Waals surface area contributed by atoms with Gasteiger partial charge in [0, 0.05) is 0 Å². The van der Waals surface area contributed by atoms with Gasteiger partial charge < -0.3 is 50.7 Å². The van der Waals surface area contributed by atoms with E-state index in [0.29, 0.717) is 0 Å². The molecule has 0 aromatic rings. The molecular weight excluding hydrogens is 308 g/mol. The highest BCUT2D eigenvalue weighted by Crippen LogP contribution is 2.12. The van der Waals surface area contributed by atoms with Crippen LogP contribution in [-0.4, -0.2) is 114 Å². The number of aliphatic hydroxyl groups is 9. The van der Waals surface area contributed by atoms with Gasteiger partial charge >= 0.3 is 0 Å². The van der Waals surface area contributed by atoms with Crippen LogP contribution in [0.15, 0.2) is 0 Å². The molecule has 0 saturated carbocycles. The van der Waals surface area contributed by atoms with Crippen molar-refractivity contribution in [3.8, 4) is 0 Å². The highest BCUT2D eigenvalue weighted by atomic mass is 16.6. The summed E-state index contributed by atoms with van der Waals surface area (Å²) in [7, 11) is 0. The molecular formula is C11H22O11. The first-order valence-corrected chi connectivity index (χ1v) is 6.29. The van der Waals surface area contributed by atoms with Crippen molar-refractivity contribution in [1.82, 2.24) is 0 Å². The summed E-state index contributed by atoms with van der Waals surface area (Å²) in [4.78, 5) is 10.5. The lowest BCUT2D eigenvalue weighted by Gasteiger charge is -2.31. The van der Waals surface area contributed by atoms with E-state index in [-0.39, 0.29) is 6.61 Å². The maximum absolute atomic E-state index is 10.5. The standard InChI is InChI=1S/C6H12O6.C5H10O5/c7-1-3(9)5(11)6(12)4(10)2-8;6-2-1-10-5(9)4(8)3(2)7/h3,5-9,11-12H,1-2H2;2-9H,1H2/t3-,5+,6+;2-,3+,4-,5?/m01/s1. The minimum atomic E-state index is -1.86. The van der Waals surface area contributed by atoms with E-state index in [1.807, 2.05) is 0 Å². The summed E-state index contributed by atoms with van der Waals surface area (Å²) in [6, 6.07) is 0. The number of ether oxygens (including phenoxy) is 1. The summed E-state index contributed by atoms with van der Waals surface area (Å²) in [5.74, 6) is -1.00. The van der Waals surface area contributed by atoms with Crippen LogP contribution < -0.4 is 0 Å². The minimum Gasteiger partial charge on any atom is -0.394 e. The highest BCUT2D eigenvalue weighted by Gasteiger charge is 2.36. The maximum atomic E-state index is 10.5. The molecule has 0 spiro atoms. The van der Waals surface area contributed by atoms with Crippen molar-refractivity contribution >= 4 is 5.78 Å². The van der Waals surface area contributed by atoms with Gasteiger partial charge in [0.05, 0.1) is 13.2 Å². The van der Waals surface area contributed by atoms with E-state index < -0.39 is 61.9 Å². The van der Waals surface area contributed by atoms with E-state index >= 15 is 0 Å². The van der Waals surface area contributed by atoms with Crippen LogP contribution in [0, 0.1) is 0 Å². The lowest BCUT2D eigenvalue weighted by molar-refractivity contribution is -0.252. The van der Waals surface area contributed by atoms with Gasteiger partial charge in [0.15, 0.2) is 12.1 Å². The maximum Gasteiger partial charge on any atom is 0.189 e. The molecule has 1 unspecified atom stereocenters. The molecule has 0 aromatic carbocycles. The number of hydrogen-bond acceptors (Lipinski definition) is 11. The Morgan fingerprint density at radius 1 is 1.05 bits per heavy atom. The van der Waals surface area contributed by atoms with Crippen molar-refractivity contribution in [1.29, 1.82) is 0 Å². The third-order valence-electron chi connectivity index (χ3n) is 2.86. The van der Waals surface area contributed by atoms with E-state index in [4.69, 9.17) is 46.0 Å². The van der Waals surface area contributed by atoms with Crippen molar-refractivity contribution in [3.05, 3.63) is 0 Å². The normalized spacial score (nSPS) is 32.4. The number of aliphatic hydroxyl groups excluding tert-OH is 9. The van der Waals surface area contributed by atoms with Crippen molar-refractivity contribution in [3.63, 3.8) is 0 Å². The molecule has 1 aliphatic rings. The zero-order chi connectivity index (χ0) is 17.4. The summed E-state index contributed by atoms with van der Waals surface area (Å²) in [6.45, 7) is -1.84. The molecule has 9 N–H and O–H groups in total. The topological polar surface area (TPSA) is 208 Å². The molecule has 1 heterocycles. The van der Waals surface area contributed by atoms with Gasteiger partial charge in [0.2, 0.25) is 0 Å². The molecule has 0 amide bonds. The van der Waals surface area contributed by atoms with Crippen LogP contribution >= 0.6 is 0 Å². The van der Waals surface area contributed by atoms with E-state index in [2.05, 4.69) is 4.74 Å². The zero-order valence-electron chi connectivity index (χ0n) is 11.5. The van der Waals surface area contributed by atoms with Crippen LogP contribution in [0.1, 0.15) is 0 Å². The monoisotopic (exact) mass is 330 g/mol.